The monoisotopic (exact) mass is 290 g/mol. The van der Waals surface area contributed by atoms with Crippen LogP contribution in [0.5, 0.6) is 0 Å². The van der Waals surface area contributed by atoms with E-state index in [0.717, 1.165) is 32.5 Å². The van der Waals surface area contributed by atoms with E-state index in [0.29, 0.717) is 11.6 Å². The van der Waals surface area contributed by atoms with E-state index in [4.69, 9.17) is 0 Å². The minimum absolute atomic E-state index is 0.0618. The molecule has 1 aromatic rings. The lowest BCUT2D eigenvalue weighted by atomic mass is 9.89. The van der Waals surface area contributed by atoms with Crippen LogP contribution in [0, 0.1) is 5.92 Å². The first-order chi connectivity index (χ1) is 10.3. The Balaban J connectivity index is 1.59. The van der Waals surface area contributed by atoms with Crippen molar-refractivity contribution in [3.63, 3.8) is 0 Å². The van der Waals surface area contributed by atoms with Gasteiger partial charge in [0.15, 0.2) is 5.69 Å². The van der Waals surface area contributed by atoms with Gasteiger partial charge in [-0.2, -0.15) is 0 Å². The van der Waals surface area contributed by atoms with E-state index in [1.165, 1.54) is 44.9 Å². The van der Waals surface area contributed by atoms with Crippen molar-refractivity contribution in [2.75, 3.05) is 13.1 Å². The average Bonchev–Trinajstić information content (AvgIpc) is 2.81. The molecule has 2 aliphatic rings. The van der Waals surface area contributed by atoms with Crippen LogP contribution in [0.4, 0.5) is 0 Å². The lowest BCUT2D eigenvalue weighted by Crippen LogP contribution is -2.32. The van der Waals surface area contributed by atoms with E-state index in [1.807, 2.05) is 15.8 Å². The second-order valence-electron chi connectivity index (χ2n) is 6.54. The Morgan fingerprint density at radius 3 is 2.43 bits per heavy atom. The molecule has 0 aromatic carbocycles. The largest absolute Gasteiger partial charge is 0.337 e. The molecule has 0 N–H and O–H groups in total. The van der Waals surface area contributed by atoms with Crippen molar-refractivity contribution in [3.05, 3.63) is 11.9 Å². The van der Waals surface area contributed by atoms with Crippen LogP contribution in [-0.2, 0) is 6.54 Å². The molecule has 0 bridgehead atoms. The van der Waals surface area contributed by atoms with Gasteiger partial charge in [-0.1, -0.05) is 37.3 Å². The fourth-order valence-corrected chi connectivity index (χ4v) is 3.56. The van der Waals surface area contributed by atoms with Gasteiger partial charge in [0.1, 0.15) is 0 Å². The summed E-state index contributed by atoms with van der Waals surface area (Å²) in [4.78, 5) is 14.4. The van der Waals surface area contributed by atoms with Gasteiger partial charge in [0.25, 0.3) is 5.91 Å². The molecule has 5 nitrogen and oxygen atoms in total. The number of carbonyl (C=O) groups excluding carboxylic acids is 1. The van der Waals surface area contributed by atoms with Crippen molar-refractivity contribution in [2.24, 2.45) is 5.92 Å². The van der Waals surface area contributed by atoms with Crippen molar-refractivity contribution >= 4 is 5.91 Å². The number of carbonyl (C=O) groups is 1. The van der Waals surface area contributed by atoms with Gasteiger partial charge in [0.05, 0.1) is 6.20 Å². The highest BCUT2D eigenvalue weighted by Gasteiger charge is 2.21. The Hall–Kier alpha value is -1.39. The number of likely N-dealkylation sites (tertiary alicyclic amines) is 1. The topological polar surface area (TPSA) is 51.0 Å². The molecule has 2 fully saturated rings. The highest BCUT2D eigenvalue weighted by Crippen LogP contribution is 2.24. The van der Waals surface area contributed by atoms with E-state index in [9.17, 15) is 4.79 Å². The molecule has 1 aliphatic heterocycles. The first kappa shape index (κ1) is 14.5. The van der Waals surface area contributed by atoms with Gasteiger partial charge >= 0.3 is 0 Å². The Kier molecular flexibility index (Phi) is 4.88. The number of rotatable bonds is 3. The average molecular weight is 290 g/mol. The fraction of sp³-hybridized carbons (Fsp3) is 0.812. The van der Waals surface area contributed by atoms with Gasteiger partial charge < -0.3 is 4.90 Å². The smallest absolute Gasteiger partial charge is 0.276 e. The van der Waals surface area contributed by atoms with Crippen LogP contribution < -0.4 is 0 Å². The first-order valence-electron chi connectivity index (χ1n) is 8.52. The van der Waals surface area contributed by atoms with E-state index in [-0.39, 0.29) is 5.91 Å². The predicted molar refractivity (Wildman–Crippen MR) is 81.0 cm³/mol. The highest BCUT2D eigenvalue weighted by molar-refractivity contribution is 5.91. The SMILES string of the molecule is O=C(c1cn(CC2CCCCC2)nn1)N1CCCCCC1. The third-order valence-corrected chi connectivity index (χ3v) is 4.82. The van der Waals surface area contributed by atoms with Crippen LogP contribution in [0.1, 0.15) is 68.3 Å². The number of aromatic nitrogens is 3. The molecule has 0 spiro atoms. The molecule has 0 atom stereocenters. The second-order valence-corrected chi connectivity index (χ2v) is 6.54. The zero-order chi connectivity index (χ0) is 14.5. The molecule has 21 heavy (non-hydrogen) atoms. The minimum atomic E-state index is 0.0618. The number of nitrogens with zero attached hydrogens (tertiary/aromatic N) is 4. The molecule has 1 aromatic heterocycles. The molecule has 5 heteroatoms. The summed E-state index contributed by atoms with van der Waals surface area (Å²) in [6.07, 6.45) is 13.1. The van der Waals surface area contributed by atoms with Gasteiger partial charge in [0.2, 0.25) is 0 Å². The summed E-state index contributed by atoms with van der Waals surface area (Å²) in [5.74, 6) is 0.772. The Morgan fingerprint density at radius 2 is 1.71 bits per heavy atom. The maximum atomic E-state index is 12.5. The first-order valence-corrected chi connectivity index (χ1v) is 8.52. The molecule has 2 heterocycles. The van der Waals surface area contributed by atoms with Crippen LogP contribution in [0.25, 0.3) is 0 Å². The maximum absolute atomic E-state index is 12.5. The Labute approximate surface area is 126 Å². The summed E-state index contributed by atoms with van der Waals surface area (Å²) < 4.78 is 1.88. The predicted octanol–water partition coefficient (Wildman–Crippen LogP) is 2.87. The minimum Gasteiger partial charge on any atom is -0.337 e. The molecule has 1 saturated heterocycles. The fourth-order valence-electron chi connectivity index (χ4n) is 3.56. The Bertz CT molecular complexity index is 457. The van der Waals surface area contributed by atoms with Gasteiger partial charge in [-0.05, 0) is 31.6 Å². The molecule has 116 valence electrons. The normalized spacial score (nSPS) is 21.2. The molecular formula is C16H26N4O. The van der Waals surface area contributed by atoms with E-state index in [1.54, 1.807) is 0 Å². The van der Waals surface area contributed by atoms with Gasteiger partial charge in [-0.15, -0.1) is 5.10 Å². The van der Waals surface area contributed by atoms with Gasteiger partial charge in [0, 0.05) is 19.6 Å². The summed E-state index contributed by atoms with van der Waals surface area (Å²) in [5, 5.41) is 8.28. The highest BCUT2D eigenvalue weighted by atomic mass is 16.2. The zero-order valence-corrected chi connectivity index (χ0v) is 12.8. The van der Waals surface area contributed by atoms with Crippen molar-refractivity contribution in [3.8, 4) is 0 Å². The van der Waals surface area contributed by atoms with E-state index < -0.39 is 0 Å². The maximum Gasteiger partial charge on any atom is 0.276 e. The van der Waals surface area contributed by atoms with Crippen LogP contribution >= 0.6 is 0 Å². The van der Waals surface area contributed by atoms with Crippen LogP contribution in [0.15, 0.2) is 6.20 Å². The third-order valence-electron chi connectivity index (χ3n) is 4.82. The van der Waals surface area contributed by atoms with Crippen LogP contribution in [-0.4, -0.2) is 38.9 Å². The molecule has 1 amide bonds. The molecule has 0 radical (unpaired) electrons. The zero-order valence-electron chi connectivity index (χ0n) is 12.8. The van der Waals surface area contributed by atoms with Crippen molar-refractivity contribution < 1.29 is 4.79 Å². The standard InChI is InChI=1S/C16H26N4O/c21-16(19-10-6-1-2-7-11-19)15-13-20(18-17-15)12-14-8-4-3-5-9-14/h13-14H,1-12H2. The van der Waals surface area contributed by atoms with Crippen molar-refractivity contribution in [1.29, 1.82) is 0 Å². The van der Waals surface area contributed by atoms with E-state index in [2.05, 4.69) is 10.3 Å². The molecule has 1 aliphatic carbocycles. The summed E-state index contributed by atoms with van der Waals surface area (Å²) in [6, 6.07) is 0. The summed E-state index contributed by atoms with van der Waals surface area (Å²) in [5.41, 5.74) is 0.521. The number of hydrogen-bond acceptors (Lipinski definition) is 3. The number of amides is 1. The van der Waals surface area contributed by atoms with Gasteiger partial charge in [-0.25, -0.2) is 0 Å². The Morgan fingerprint density at radius 1 is 1.05 bits per heavy atom. The van der Waals surface area contributed by atoms with E-state index >= 15 is 0 Å². The summed E-state index contributed by atoms with van der Waals surface area (Å²) in [7, 11) is 0. The van der Waals surface area contributed by atoms with Gasteiger partial charge in [-0.3, -0.25) is 9.48 Å². The summed E-state index contributed by atoms with van der Waals surface area (Å²) >= 11 is 0. The quantitative estimate of drug-likeness (QED) is 0.860. The second kappa shape index (κ2) is 7.05. The third kappa shape index (κ3) is 3.83. The van der Waals surface area contributed by atoms with Crippen molar-refractivity contribution in [1.82, 2.24) is 19.9 Å². The molecule has 0 unspecified atom stereocenters. The van der Waals surface area contributed by atoms with Crippen molar-refractivity contribution in [2.45, 2.75) is 64.3 Å². The molecule has 1 saturated carbocycles. The van der Waals surface area contributed by atoms with Crippen LogP contribution in [0.2, 0.25) is 0 Å². The lowest BCUT2D eigenvalue weighted by molar-refractivity contribution is 0.0755. The summed E-state index contributed by atoms with van der Waals surface area (Å²) in [6.45, 7) is 2.66. The van der Waals surface area contributed by atoms with Crippen LogP contribution in [0.3, 0.4) is 0 Å². The molecule has 3 rings (SSSR count). The molecular weight excluding hydrogens is 264 g/mol. The number of hydrogen-bond donors (Lipinski definition) is 0. The lowest BCUT2D eigenvalue weighted by Gasteiger charge is -2.21.